The Kier molecular flexibility index (Phi) is 8.82. The van der Waals surface area contributed by atoms with Crippen molar-refractivity contribution in [1.29, 1.82) is 0 Å². The molecule has 1 saturated heterocycles. The third-order valence-electron chi connectivity index (χ3n) is 6.64. The van der Waals surface area contributed by atoms with Crippen molar-refractivity contribution in [2.24, 2.45) is 5.92 Å². The Morgan fingerprint density at radius 1 is 1.06 bits per heavy atom. The number of alkyl halides is 3. The first kappa shape index (κ1) is 27.5. The predicted molar refractivity (Wildman–Crippen MR) is 125 cm³/mol. The van der Waals surface area contributed by atoms with Gasteiger partial charge in [-0.15, -0.1) is 0 Å². The molecule has 12 heteroatoms. The summed E-state index contributed by atoms with van der Waals surface area (Å²) in [6, 6.07) is 3.01. The smallest absolute Gasteiger partial charge is 0.340 e. The van der Waals surface area contributed by atoms with Crippen molar-refractivity contribution in [1.82, 2.24) is 14.1 Å². The van der Waals surface area contributed by atoms with Crippen LogP contribution in [-0.4, -0.2) is 79.4 Å². The zero-order valence-electron chi connectivity index (χ0n) is 19.2. The molecule has 2 fully saturated rings. The molecule has 6 nitrogen and oxygen atoms in total. The summed E-state index contributed by atoms with van der Waals surface area (Å²) in [5.41, 5.74) is 0. The van der Waals surface area contributed by atoms with E-state index in [4.69, 9.17) is 23.2 Å². The molecule has 3 rings (SSSR count). The van der Waals surface area contributed by atoms with Crippen molar-refractivity contribution in [3.05, 3.63) is 28.2 Å². The van der Waals surface area contributed by atoms with Gasteiger partial charge in [-0.1, -0.05) is 23.2 Å². The van der Waals surface area contributed by atoms with Gasteiger partial charge in [0.05, 0.1) is 14.9 Å². The van der Waals surface area contributed by atoms with Crippen LogP contribution in [0.2, 0.25) is 10.0 Å². The number of piperazine rings is 1. The second-order valence-electron chi connectivity index (χ2n) is 9.20. The molecule has 0 spiro atoms. The SMILES string of the molecule is CC(C)N1CCN(C(=O)[C@H]2CC[C@H](N(CC(F)(F)F)S(=O)(=O)c3ccc(Cl)c(Cl)c3)CC2)CC1. The van der Waals surface area contributed by atoms with E-state index < -0.39 is 28.8 Å². The van der Waals surface area contributed by atoms with E-state index in [1.54, 1.807) is 0 Å². The molecule has 1 aliphatic heterocycles. The lowest BCUT2D eigenvalue weighted by Crippen LogP contribution is -2.53. The van der Waals surface area contributed by atoms with Crippen LogP contribution in [0.1, 0.15) is 39.5 Å². The van der Waals surface area contributed by atoms with E-state index in [0.717, 1.165) is 25.2 Å². The minimum Gasteiger partial charge on any atom is -0.340 e. The first-order valence-electron chi connectivity index (χ1n) is 11.4. The third-order valence-corrected chi connectivity index (χ3v) is 9.28. The highest BCUT2D eigenvalue weighted by atomic mass is 35.5. The van der Waals surface area contributed by atoms with E-state index in [2.05, 4.69) is 18.7 Å². The summed E-state index contributed by atoms with van der Waals surface area (Å²) in [5.74, 6) is -0.293. The Hall–Kier alpha value is -1.07. The quantitative estimate of drug-likeness (QED) is 0.523. The van der Waals surface area contributed by atoms with Gasteiger partial charge in [-0.3, -0.25) is 9.69 Å². The summed E-state index contributed by atoms with van der Waals surface area (Å²) in [5, 5.41) is 0.0535. The van der Waals surface area contributed by atoms with E-state index in [9.17, 15) is 26.4 Å². The zero-order chi connectivity index (χ0) is 25.3. The Morgan fingerprint density at radius 3 is 2.15 bits per heavy atom. The molecule has 0 aromatic heterocycles. The summed E-state index contributed by atoms with van der Waals surface area (Å²) >= 11 is 11.8. The minimum atomic E-state index is -4.72. The van der Waals surface area contributed by atoms with E-state index in [1.807, 2.05) is 4.90 Å². The van der Waals surface area contributed by atoms with Crippen LogP contribution in [0.3, 0.4) is 0 Å². The molecule has 1 aliphatic carbocycles. The molecular weight excluding hydrogens is 514 g/mol. The summed E-state index contributed by atoms with van der Waals surface area (Å²) in [7, 11) is -4.48. The molecule has 192 valence electrons. The van der Waals surface area contributed by atoms with Gasteiger partial charge in [-0.25, -0.2) is 8.42 Å². The van der Waals surface area contributed by atoms with Crippen LogP contribution in [0.15, 0.2) is 23.1 Å². The highest BCUT2D eigenvalue weighted by molar-refractivity contribution is 7.89. The van der Waals surface area contributed by atoms with Gasteiger partial charge in [0.25, 0.3) is 0 Å². The monoisotopic (exact) mass is 543 g/mol. The van der Waals surface area contributed by atoms with Crippen LogP contribution in [0, 0.1) is 5.92 Å². The average molecular weight is 544 g/mol. The van der Waals surface area contributed by atoms with Crippen molar-refractivity contribution >= 4 is 39.1 Å². The maximum atomic E-state index is 13.4. The van der Waals surface area contributed by atoms with Gasteiger partial charge in [-0.2, -0.15) is 17.5 Å². The molecule has 0 radical (unpaired) electrons. The summed E-state index contributed by atoms with van der Waals surface area (Å²) in [4.78, 5) is 16.8. The number of carbonyl (C=O) groups excluding carboxylic acids is 1. The van der Waals surface area contributed by atoms with Gasteiger partial charge >= 0.3 is 6.18 Å². The Labute approximate surface area is 209 Å². The molecule has 1 aromatic rings. The minimum absolute atomic E-state index is 0.0107. The Morgan fingerprint density at radius 2 is 1.65 bits per heavy atom. The summed E-state index contributed by atoms with van der Waals surface area (Å²) < 4.78 is 66.9. The lowest BCUT2D eigenvalue weighted by Gasteiger charge is -2.40. The van der Waals surface area contributed by atoms with Crippen LogP contribution in [-0.2, 0) is 14.8 Å². The van der Waals surface area contributed by atoms with E-state index >= 15 is 0 Å². The van der Waals surface area contributed by atoms with Gasteiger partial charge in [-0.05, 0) is 57.7 Å². The van der Waals surface area contributed by atoms with E-state index in [-0.39, 0.29) is 39.6 Å². The fourth-order valence-corrected chi connectivity index (χ4v) is 6.75. The van der Waals surface area contributed by atoms with Crippen molar-refractivity contribution < 1.29 is 26.4 Å². The average Bonchev–Trinajstić information content (AvgIpc) is 2.78. The van der Waals surface area contributed by atoms with Gasteiger partial charge in [0.2, 0.25) is 15.9 Å². The van der Waals surface area contributed by atoms with Crippen LogP contribution in [0.4, 0.5) is 13.2 Å². The number of amides is 1. The number of benzene rings is 1. The standard InChI is InChI=1S/C22H30Cl2F3N3O3S/c1-15(2)28-9-11-29(12-10-28)21(31)16-3-5-17(6-4-16)30(14-22(25,26)27)34(32,33)18-7-8-19(23)20(24)13-18/h7-8,13,15-17H,3-6,9-12,14H2,1-2H3/t16-,17-. The molecule has 1 saturated carbocycles. The van der Waals surface area contributed by atoms with Crippen molar-refractivity contribution in [2.75, 3.05) is 32.7 Å². The molecule has 0 unspecified atom stereocenters. The largest absolute Gasteiger partial charge is 0.402 e. The van der Waals surface area contributed by atoms with Crippen LogP contribution >= 0.6 is 23.2 Å². The second-order valence-corrected chi connectivity index (χ2v) is 11.9. The molecule has 1 aromatic carbocycles. The van der Waals surface area contributed by atoms with Gasteiger partial charge < -0.3 is 4.90 Å². The third kappa shape index (κ3) is 6.57. The van der Waals surface area contributed by atoms with Gasteiger partial charge in [0.1, 0.15) is 6.54 Å². The topological polar surface area (TPSA) is 60.9 Å². The first-order chi connectivity index (χ1) is 15.8. The summed E-state index contributed by atoms with van der Waals surface area (Å²) in [6.07, 6.45) is -3.66. The zero-order valence-corrected chi connectivity index (χ0v) is 21.5. The van der Waals surface area contributed by atoms with Crippen LogP contribution in [0.25, 0.3) is 0 Å². The molecule has 2 aliphatic rings. The van der Waals surface area contributed by atoms with Crippen LogP contribution < -0.4 is 0 Å². The maximum absolute atomic E-state index is 13.4. The number of halogens is 5. The summed E-state index contributed by atoms with van der Waals surface area (Å²) in [6.45, 7) is 5.46. The lowest BCUT2D eigenvalue weighted by atomic mass is 9.85. The van der Waals surface area contributed by atoms with Crippen molar-refractivity contribution in [2.45, 2.75) is 62.7 Å². The number of rotatable bonds is 6. The van der Waals surface area contributed by atoms with Crippen molar-refractivity contribution in [3.63, 3.8) is 0 Å². The second kappa shape index (κ2) is 10.9. The molecule has 1 amide bonds. The molecule has 0 atom stereocenters. The number of nitrogens with zero attached hydrogens (tertiary/aromatic N) is 3. The normalized spacial score (nSPS) is 23.0. The first-order valence-corrected chi connectivity index (χ1v) is 13.6. The Balaban J connectivity index is 1.70. The van der Waals surface area contributed by atoms with Crippen LogP contribution in [0.5, 0.6) is 0 Å². The lowest BCUT2D eigenvalue weighted by molar-refractivity contribution is -0.144. The maximum Gasteiger partial charge on any atom is 0.402 e. The fraction of sp³-hybridized carbons (Fsp3) is 0.682. The van der Waals surface area contributed by atoms with E-state index in [1.165, 1.54) is 6.07 Å². The van der Waals surface area contributed by atoms with Crippen molar-refractivity contribution in [3.8, 4) is 0 Å². The number of carbonyl (C=O) groups is 1. The highest BCUT2D eigenvalue weighted by Crippen LogP contribution is 2.35. The van der Waals surface area contributed by atoms with E-state index in [0.29, 0.717) is 36.3 Å². The number of hydrogen-bond donors (Lipinski definition) is 0. The molecule has 0 N–H and O–H groups in total. The molecule has 0 bridgehead atoms. The number of sulfonamides is 1. The molecular formula is C22H30Cl2F3N3O3S. The predicted octanol–water partition coefficient (Wildman–Crippen LogP) is 4.66. The Bertz CT molecular complexity index is 975. The van der Waals surface area contributed by atoms with Gasteiger partial charge in [0.15, 0.2) is 0 Å². The fourth-order valence-electron chi connectivity index (χ4n) is 4.69. The number of hydrogen-bond acceptors (Lipinski definition) is 4. The molecule has 1 heterocycles. The van der Waals surface area contributed by atoms with Gasteiger partial charge in [0, 0.05) is 44.2 Å². The molecule has 34 heavy (non-hydrogen) atoms. The highest BCUT2D eigenvalue weighted by Gasteiger charge is 2.43.